The normalized spacial score (nSPS) is 15.2. The molecule has 0 aliphatic carbocycles. The van der Waals surface area contributed by atoms with Gasteiger partial charge in [-0.25, -0.2) is 4.98 Å². The molecule has 1 fully saturated rings. The first-order valence-electron chi connectivity index (χ1n) is 8.40. The molecule has 150 valence electrons. The SMILES string of the molecule is O=C1/C(=C\c2cccc(Oc3nc(Cl)ncc3F)c2)SC(=S)N1c1ccc(Br)cc1. The lowest BCUT2D eigenvalue weighted by Gasteiger charge is -2.14. The van der Waals surface area contributed by atoms with Crippen LogP contribution in [-0.2, 0) is 4.79 Å². The summed E-state index contributed by atoms with van der Waals surface area (Å²) < 4.78 is 20.6. The Bertz CT molecular complexity index is 1190. The number of halogens is 3. The van der Waals surface area contributed by atoms with E-state index in [1.165, 1.54) is 16.7 Å². The number of amides is 1. The van der Waals surface area contributed by atoms with Crippen molar-refractivity contribution >= 4 is 73.5 Å². The highest BCUT2D eigenvalue weighted by molar-refractivity contribution is 9.10. The average Bonchev–Trinajstić information content (AvgIpc) is 2.99. The molecule has 4 rings (SSSR count). The van der Waals surface area contributed by atoms with Gasteiger partial charge in [0.1, 0.15) is 5.75 Å². The van der Waals surface area contributed by atoms with Crippen molar-refractivity contribution in [2.24, 2.45) is 0 Å². The van der Waals surface area contributed by atoms with E-state index >= 15 is 0 Å². The molecule has 1 aliphatic rings. The first-order valence-corrected chi connectivity index (χ1v) is 10.8. The second kappa shape index (κ2) is 8.81. The third-order valence-electron chi connectivity index (χ3n) is 3.93. The van der Waals surface area contributed by atoms with Crippen molar-refractivity contribution < 1.29 is 13.9 Å². The van der Waals surface area contributed by atoms with E-state index in [9.17, 15) is 9.18 Å². The van der Waals surface area contributed by atoms with Gasteiger partial charge in [-0.3, -0.25) is 9.69 Å². The van der Waals surface area contributed by atoms with Gasteiger partial charge < -0.3 is 4.74 Å². The lowest BCUT2D eigenvalue weighted by molar-refractivity contribution is -0.113. The number of thiocarbonyl (C=S) groups is 1. The summed E-state index contributed by atoms with van der Waals surface area (Å²) in [6.07, 6.45) is 2.64. The Hall–Kier alpha value is -2.33. The number of hydrogen-bond acceptors (Lipinski definition) is 6. The fraction of sp³-hybridized carbons (Fsp3) is 0. The van der Waals surface area contributed by atoms with Crippen LogP contribution in [-0.4, -0.2) is 20.2 Å². The summed E-state index contributed by atoms with van der Waals surface area (Å²) in [7, 11) is 0. The number of anilines is 1. The van der Waals surface area contributed by atoms with Crippen LogP contribution in [0.15, 0.2) is 64.1 Å². The first kappa shape index (κ1) is 20.9. The van der Waals surface area contributed by atoms with E-state index in [1.807, 2.05) is 24.3 Å². The van der Waals surface area contributed by atoms with Crippen molar-refractivity contribution in [1.82, 2.24) is 9.97 Å². The minimum Gasteiger partial charge on any atom is -0.436 e. The fourth-order valence-electron chi connectivity index (χ4n) is 2.61. The molecule has 0 saturated carbocycles. The molecule has 1 aliphatic heterocycles. The van der Waals surface area contributed by atoms with E-state index in [0.717, 1.165) is 10.7 Å². The molecule has 1 aromatic heterocycles. The smallest absolute Gasteiger partial charge is 0.270 e. The molecule has 1 saturated heterocycles. The van der Waals surface area contributed by atoms with Gasteiger partial charge in [0, 0.05) is 4.47 Å². The number of ether oxygens (including phenoxy) is 1. The highest BCUT2D eigenvalue weighted by Crippen LogP contribution is 2.36. The van der Waals surface area contributed by atoms with Gasteiger partial charge in [0.2, 0.25) is 11.1 Å². The molecule has 2 aromatic carbocycles. The van der Waals surface area contributed by atoms with Crippen LogP contribution in [0.4, 0.5) is 10.1 Å². The number of rotatable bonds is 4. The maximum atomic E-state index is 13.8. The number of hydrogen-bond donors (Lipinski definition) is 0. The van der Waals surface area contributed by atoms with Crippen LogP contribution in [0.1, 0.15) is 5.56 Å². The molecule has 1 amide bonds. The molecule has 5 nitrogen and oxygen atoms in total. The largest absolute Gasteiger partial charge is 0.436 e. The fourth-order valence-corrected chi connectivity index (χ4v) is 4.30. The Morgan fingerprint density at radius 3 is 2.77 bits per heavy atom. The summed E-state index contributed by atoms with van der Waals surface area (Å²) in [6.45, 7) is 0. The van der Waals surface area contributed by atoms with Crippen molar-refractivity contribution in [2.75, 3.05) is 4.90 Å². The van der Waals surface area contributed by atoms with Gasteiger partial charge >= 0.3 is 0 Å². The zero-order chi connectivity index (χ0) is 21.3. The van der Waals surface area contributed by atoms with Gasteiger partial charge in [-0.1, -0.05) is 52.0 Å². The standard InChI is InChI=1S/C20H10BrClFN3O2S2/c21-12-4-6-13(7-5-12)26-18(27)16(30-20(26)29)9-11-2-1-3-14(8-11)28-17-15(23)10-24-19(22)25-17/h1-10H/b16-9+. The summed E-state index contributed by atoms with van der Waals surface area (Å²) >= 11 is 15.7. The quantitative estimate of drug-likeness (QED) is 0.230. The Morgan fingerprint density at radius 2 is 2.00 bits per heavy atom. The molecule has 0 spiro atoms. The van der Waals surface area contributed by atoms with Gasteiger partial charge in [0.15, 0.2) is 4.32 Å². The van der Waals surface area contributed by atoms with E-state index in [4.69, 9.17) is 28.6 Å². The van der Waals surface area contributed by atoms with Crippen LogP contribution < -0.4 is 9.64 Å². The van der Waals surface area contributed by atoms with Crippen molar-refractivity contribution in [2.45, 2.75) is 0 Å². The molecule has 0 unspecified atom stereocenters. The number of benzene rings is 2. The number of aromatic nitrogens is 2. The van der Waals surface area contributed by atoms with E-state index < -0.39 is 5.82 Å². The number of carbonyl (C=O) groups is 1. The van der Waals surface area contributed by atoms with Gasteiger partial charge in [-0.15, -0.1) is 0 Å². The topological polar surface area (TPSA) is 55.3 Å². The second-order valence-corrected chi connectivity index (χ2v) is 8.89. The molecule has 10 heteroatoms. The average molecular weight is 523 g/mol. The van der Waals surface area contributed by atoms with E-state index in [0.29, 0.717) is 26.2 Å². The second-order valence-electron chi connectivity index (χ2n) is 5.96. The predicted octanol–water partition coefficient (Wildman–Crippen LogP) is 6.23. The molecule has 0 bridgehead atoms. The summed E-state index contributed by atoms with van der Waals surface area (Å²) in [4.78, 5) is 22.1. The number of carbonyl (C=O) groups excluding carboxylic acids is 1. The summed E-state index contributed by atoms with van der Waals surface area (Å²) in [5.74, 6) is -0.901. The molecule has 2 heterocycles. The number of thioether (sulfide) groups is 1. The molecular weight excluding hydrogens is 513 g/mol. The highest BCUT2D eigenvalue weighted by atomic mass is 79.9. The van der Waals surface area contributed by atoms with E-state index in [2.05, 4.69) is 25.9 Å². The van der Waals surface area contributed by atoms with Gasteiger partial charge in [0.05, 0.1) is 16.8 Å². The first-order chi connectivity index (χ1) is 14.4. The molecule has 0 atom stereocenters. The predicted molar refractivity (Wildman–Crippen MR) is 123 cm³/mol. The Morgan fingerprint density at radius 1 is 1.23 bits per heavy atom. The van der Waals surface area contributed by atoms with Gasteiger partial charge in [-0.2, -0.15) is 9.37 Å². The maximum Gasteiger partial charge on any atom is 0.270 e. The molecule has 0 N–H and O–H groups in total. The zero-order valence-electron chi connectivity index (χ0n) is 14.9. The van der Waals surface area contributed by atoms with Crippen molar-refractivity contribution in [1.29, 1.82) is 0 Å². The highest BCUT2D eigenvalue weighted by Gasteiger charge is 2.33. The number of nitrogens with zero attached hydrogens (tertiary/aromatic N) is 3. The lowest BCUT2D eigenvalue weighted by atomic mass is 10.2. The van der Waals surface area contributed by atoms with Crippen LogP contribution in [0.5, 0.6) is 11.6 Å². The summed E-state index contributed by atoms with van der Waals surface area (Å²) in [5, 5.41) is -0.126. The van der Waals surface area contributed by atoms with Gasteiger partial charge in [-0.05, 0) is 59.6 Å². The molecular formula is C20H10BrClFN3O2S2. The minimum atomic E-state index is -0.736. The van der Waals surface area contributed by atoms with E-state index in [-0.39, 0.29) is 17.1 Å². The van der Waals surface area contributed by atoms with Crippen molar-refractivity contribution in [3.63, 3.8) is 0 Å². The van der Waals surface area contributed by atoms with Crippen LogP contribution >= 0.6 is 51.5 Å². The van der Waals surface area contributed by atoms with Crippen LogP contribution in [0.2, 0.25) is 5.28 Å². The lowest BCUT2D eigenvalue weighted by Crippen LogP contribution is -2.27. The molecule has 30 heavy (non-hydrogen) atoms. The van der Waals surface area contributed by atoms with Crippen LogP contribution in [0.3, 0.4) is 0 Å². The summed E-state index contributed by atoms with van der Waals surface area (Å²) in [5.41, 5.74) is 1.38. The molecule has 0 radical (unpaired) electrons. The maximum absolute atomic E-state index is 13.8. The minimum absolute atomic E-state index is 0.126. The third-order valence-corrected chi connectivity index (χ3v) is 5.94. The Labute approximate surface area is 194 Å². The van der Waals surface area contributed by atoms with Crippen molar-refractivity contribution in [3.05, 3.63) is 80.8 Å². The third kappa shape index (κ3) is 4.54. The van der Waals surface area contributed by atoms with E-state index in [1.54, 1.807) is 30.3 Å². The van der Waals surface area contributed by atoms with Crippen molar-refractivity contribution in [3.8, 4) is 11.6 Å². The van der Waals surface area contributed by atoms with Gasteiger partial charge in [0.25, 0.3) is 11.8 Å². The summed E-state index contributed by atoms with van der Waals surface area (Å²) in [6, 6.07) is 14.1. The monoisotopic (exact) mass is 521 g/mol. The Kier molecular flexibility index (Phi) is 6.14. The van der Waals surface area contributed by atoms with Crippen LogP contribution in [0, 0.1) is 5.82 Å². The Balaban J connectivity index is 1.58. The van der Waals surface area contributed by atoms with Crippen LogP contribution in [0.25, 0.3) is 6.08 Å². The zero-order valence-corrected chi connectivity index (χ0v) is 18.9. The molecule has 3 aromatic rings.